The second-order valence-corrected chi connectivity index (χ2v) is 10.3. The molecule has 0 spiro atoms. The van der Waals surface area contributed by atoms with Crippen molar-refractivity contribution in [1.82, 2.24) is 0 Å². The fourth-order valence-electron chi connectivity index (χ4n) is 8.23. The van der Waals surface area contributed by atoms with Gasteiger partial charge in [0.25, 0.3) is 0 Å². The van der Waals surface area contributed by atoms with Crippen LogP contribution >= 0.6 is 0 Å². The monoisotopic (exact) mass is 460 g/mol. The fraction of sp³-hybridized carbons (Fsp3) is 0.778. The van der Waals surface area contributed by atoms with Crippen LogP contribution in [0.3, 0.4) is 0 Å². The van der Waals surface area contributed by atoms with Crippen molar-refractivity contribution < 1.29 is 28.4 Å². The Kier molecular flexibility index (Phi) is 6.38. The fourth-order valence-corrected chi connectivity index (χ4v) is 8.23. The van der Waals surface area contributed by atoms with Crippen LogP contribution < -0.4 is 0 Å². The van der Waals surface area contributed by atoms with E-state index in [1.807, 2.05) is 13.0 Å². The van der Waals surface area contributed by atoms with Crippen molar-refractivity contribution in [3.63, 3.8) is 0 Å². The van der Waals surface area contributed by atoms with Gasteiger partial charge in [-0.3, -0.25) is 0 Å². The molecule has 1 unspecified atom stereocenters. The Bertz CT molecular complexity index is 812. The van der Waals surface area contributed by atoms with E-state index in [4.69, 9.17) is 28.4 Å². The van der Waals surface area contributed by atoms with Gasteiger partial charge in [0.1, 0.15) is 0 Å². The quantitative estimate of drug-likeness (QED) is 0.486. The zero-order valence-electron chi connectivity index (χ0n) is 20.9. The van der Waals surface area contributed by atoms with E-state index in [9.17, 15) is 0 Å². The Labute approximate surface area is 198 Å². The van der Waals surface area contributed by atoms with Crippen LogP contribution in [0.5, 0.6) is 0 Å². The van der Waals surface area contributed by atoms with Gasteiger partial charge in [-0.05, 0) is 38.2 Å². The number of hydrogen-bond acceptors (Lipinski definition) is 6. The van der Waals surface area contributed by atoms with Crippen molar-refractivity contribution in [3.8, 4) is 0 Å². The Morgan fingerprint density at radius 1 is 1.06 bits per heavy atom. The Hall–Kier alpha value is -1.02. The lowest BCUT2D eigenvalue weighted by molar-refractivity contribution is -0.287. The largest absolute Gasteiger partial charge is 0.378 e. The molecule has 1 aromatic rings. The molecule has 1 saturated heterocycles. The highest BCUT2D eigenvalue weighted by Crippen LogP contribution is 2.74. The predicted molar refractivity (Wildman–Crippen MR) is 123 cm³/mol. The minimum absolute atomic E-state index is 0.0200. The highest BCUT2D eigenvalue weighted by atomic mass is 16.7. The van der Waals surface area contributed by atoms with Gasteiger partial charge in [0, 0.05) is 51.6 Å². The second-order valence-electron chi connectivity index (χ2n) is 10.3. The lowest BCUT2D eigenvalue weighted by Crippen LogP contribution is -2.55. The van der Waals surface area contributed by atoms with Gasteiger partial charge < -0.3 is 28.4 Å². The molecule has 5 rings (SSSR count). The first-order chi connectivity index (χ1) is 16.0. The summed E-state index contributed by atoms with van der Waals surface area (Å²) in [5.74, 6) is -0.172. The summed E-state index contributed by atoms with van der Waals surface area (Å²) in [4.78, 5) is 0. The summed E-state index contributed by atoms with van der Waals surface area (Å²) in [5, 5.41) is 0. The minimum atomic E-state index is -0.711. The lowest BCUT2D eigenvalue weighted by Gasteiger charge is -2.49. The predicted octanol–water partition coefficient (Wildman–Crippen LogP) is 4.27. The van der Waals surface area contributed by atoms with Crippen LogP contribution in [-0.4, -0.2) is 57.3 Å². The minimum Gasteiger partial charge on any atom is -0.378 e. The molecule has 0 aromatic heterocycles. The number of hydrogen-bond donors (Lipinski definition) is 0. The molecular weight excluding hydrogens is 420 g/mol. The summed E-state index contributed by atoms with van der Waals surface area (Å²) in [7, 11) is 3.54. The molecule has 1 aliphatic heterocycles. The van der Waals surface area contributed by atoms with E-state index in [1.54, 1.807) is 14.2 Å². The molecular formula is C27H40O6. The summed E-state index contributed by atoms with van der Waals surface area (Å²) in [6.45, 7) is 10.5. The van der Waals surface area contributed by atoms with Gasteiger partial charge in [0.15, 0.2) is 11.6 Å². The number of rotatable bonds is 10. The van der Waals surface area contributed by atoms with Gasteiger partial charge in [-0.2, -0.15) is 0 Å². The normalized spacial score (nSPS) is 43.2. The summed E-state index contributed by atoms with van der Waals surface area (Å²) >= 11 is 0. The summed E-state index contributed by atoms with van der Waals surface area (Å²) in [5.41, 5.74) is 1.19. The Morgan fingerprint density at radius 3 is 2.42 bits per heavy atom. The first-order valence-electron chi connectivity index (χ1n) is 12.7. The van der Waals surface area contributed by atoms with Crippen LogP contribution in [0, 0.1) is 35.5 Å². The molecule has 0 amide bonds. The van der Waals surface area contributed by atoms with Crippen LogP contribution in [-0.2, 0) is 35.0 Å². The lowest BCUT2D eigenvalue weighted by atomic mass is 9.60. The van der Waals surface area contributed by atoms with Crippen LogP contribution in [0.4, 0.5) is 0 Å². The van der Waals surface area contributed by atoms with E-state index < -0.39 is 11.6 Å². The van der Waals surface area contributed by atoms with Crippen molar-refractivity contribution in [2.24, 2.45) is 35.5 Å². The zero-order valence-corrected chi connectivity index (χ0v) is 20.9. The molecule has 3 saturated carbocycles. The van der Waals surface area contributed by atoms with Gasteiger partial charge in [0.2, 0.25) is 0 Å². The molecule has 0 radical (unpaired) electrons. The standard InChI is InChI=1S/C27H40O6/c1-7-30-17(4)20-16(3)23(31-15-18-12-10-9-11-13-18)21-19-14-26(32-8-2)25(22(21)24(20)33-26)27(19,28-5)29-6/h9-13,16-17,19-25H,7-8,14-15H2,1-6H3/t16-,17?,19-,20-,21+,22-,23+,24+,25-,26-/m0/s1. The molecule has 184 valence electrons. The molecule has 2 bridgehead atoms. The van der Waals surface area contributed by atoms with E-state index in [0.29, 0.717) is 25.7 Å². The van der Waals surface area contributed by atoms with Crippen molar-refractivity contribution in [2.75, 3.05) is 27.4 Å². The third-order valence-corrected chi connectivity index (χ3v) is 9.11. The maximum absolute atomic E-state index is 6.94. The summed E-state index contributed by atoms with van der Waals surface area (Å²) in [6, 6.07) is 10.4. The van der Waals surface area contributed by atoms with Crippen LogP contribution in [0.25, 0.3) is 0 Å². The average molecular weight is 461 g/mol. The average Bonchev–Trinajstić information content (AvgIpc) is 3.35. The van der Waals surface area contributed by atoms with Gasteiger partial charge in [-0.15, -0.1) is 0 Å². The number of ether oxygens (including phenoxy) is 6. The molecule has 4 aliphatic rings. The highest BCUT2D eigenvalue weighted by Gasteiger charge is 2.84. The van der Waals surface area contributed by atoms with Crippen LogP contribution in [0.1, 0.15) is 39.7 Å². The van der Waals surface area contributed by atoms with Crippen LogP contribution in [0.15, 0.2) is 30.3 Å². The molecule has 1 aromatic carbocycles. The van der Waals surface area contributed by atoms with Crippen molar-refractivity contribution in [1.29, 1.82) is 0 Å². The zero-order chi connectivity index (χ0) is 23.4. The summed E-state index contributed by atoms with van der Waals surface area (Å²) in [6.07, 6.45) is 0.948. The number of methoxy groups -OCH3 is 2. The molecule has 33 heavy (non-hydrogen) atoms. The van der Waals surface area contributed by atoms with E-state index in [-0.39, 0.29) is 47.9 Å². The Morgan fingerprint density at radius 2 is 1.79 bits per heavy atom. The van der Waals surface area contributed by atoms with Crippen molar-refractivity contribution in [3.05, 3.63) is 35.9 Å². The topological polar surface area (TPSA) is 55.4 Å². The summed E-state index contributed by atoms with van der Waals surface area (Å²) < 4.78 is 38.7. The van der Waals surface area contributed by atoms with Crippen molar-refractivity contribution in [2.45, 2.75) is 70.6 Å². The smallest absolute Gasteiger partial charge is 0.179 e. The highest BCUT2D eigenvalue weighted by molar-refractivity contribution is 5.25. The second kappa shape index (κ2) is 8.89. The third kappa shape index (κ3) is 3.29. The van der Waals surface area contributed by atoms with E-state index in [2.05, 4.69) is 45.0 Å². The van der Waals surface area contributed by atoms with E-state index >= 15 is 0 Å². The number of benzene rings is 1. The van der Waals surface area contributed by atoms with Crippen LogP contribution in [0.2, 0.25) is 0 Å². The third-order valence-electron chi connectivity index (χ3n) is 9.11. The molecule has 6 heteroatoms. The maximum Gasteiger partial charge on any atom is 0.179 e. The molecule has 0 N–H and O–H groups in total. The van der Waals surface area contributed by atoms with E-state index in [1.165, 1.54) is 5.56 Å². The molecule has 10 atom stereocenters. The van der Waals surface area contributed by atoms with Gasteiger partial charge in [0.05, 0.1) is 30.8 Å². The maximum atomic E-state index is 6.94. The molecule has 1 heterocycles. The van der Waals surface area contributed by atoms with Gasteiger partial charge >= 0.3 is 0 Å². The molecule has 4 fully saturated rings. The molecule has 3 aliphatic carbocycles. The number of fused-ring (bicyclic) bond motifs is 2. The van der Waals surface area contributed by atoms with Gasteiger partial charge in [-0.25, -0.2) is 0 Å². The van der Waals surface area contributed by atoms with E-state index in [0.717, 1.165) is 6.42 Å². The SMILES string of the molecule is CCOC(C)[C@@H]1[C@H](C)[C@@H](OCc2ccccc2)[C@H]2[C@H]3[C@@H]1O[C@@]1(OCC)C[C@@H]2C(OC)(OC)[C@@H]31. The first kappa shape index (κ1) is 23.7. The molecule has 6 nitrogen and oxygen atoms in total. The van der Waals surface area contributed by atoms with Gasteiger partial charge in [-0.1, -0.05) is 37.3 Å². The Balaban J connectivity index is 1.55. The first-order valence-corrected chi connectivity index (χ1v) is 12.7. The van der Waals surface area contributed by atoms with Crippen molar-refractivity contribution >= 4 is 0 Å².